The zero-order valence-electron chi connectivity index (χ0n) is 17.0. The maximum atomic E-state index is 11.3. The number of non-ortho nitro benzene ring substituents is 1. The Morgan fingerprint density at radius 1 is 1.09 bits per heavy atom. The molecule has 0 amide bonds. The van der Waals surface area contributed by atoms with Gasteiger partial charge in [-0.2, -0.15) is 9.45 Å². The van der Waals surface area contributed by atoms with Gasteiger partial charge < -0.3 is 20.7 Å². The summed E-state index contributed by atoms with van der Waals surface area (Å²) in [6, 6.07) is 8.03. The number of phenols is 1. The second kappa shape index (κ2) is 12.4. The van der Waals surface area contributed by atoms with Crippen LogP contribution >= 0.6 is 12.0 Å². The van der Waals surface area contributed by atoms with Gasteiger partial charge in [0.25, 0.3) is 5.69 Å². The van der Waals surface area contributed by atoms with Crippen molar-refractivity contribution in [1.29, 1.82) is 0 Å². The van der Waals surface area contributed by atoms with Crippen LogP contribution in [-0.4, -0.2) is 23.0 Å². The van der Waals surface area contributed by atoms with Crippen LogP contribution in [0.1, 0.15) is 0 Å². The summed E-state index contributed by atoms with van der Waals surface area (Å²) >= 11 is 0.370. The molecule has 0 unspecified atom stereocenters. The zero-order chi connectivity index (χ0) is 22.8. The van der Waals surface area contributed by atoms with Crippen LogP contribution in [0.25, 0.3) is 10.8 Å². The van der Waals surface area contributed by atoms with E-state index in [1.807, 2.05) is 0 Å². The largest absolute Gasteiger partial charge is 1.00 e. The second-order valence-corrected chi connectivity index (χ2v) is 7.95. The van der Waals surface area contributed by atoms with Gasteiger partial charge in [0.2, 0.25) is 0 Å². The molecule has 0 saturated carbocycles. The number of rotatable bonds is 7. The zero-order valence-corrected chi connectivity index (χ0v) is 22.6. The second-order valence-electron chi connectivity index (χ2n) is 5.82. The number of hydrogen-bond donors (Lipinski definition) is 2. The van der Waals surface area contributed by atoms with E-state index >= 15 is 0 Å². The number of hydrogen-bond acceptors (Lipinski definition) is 13. The monoisotopic (exact) mass is 512 g/mol. The Bertz CT molecular complexity index is 1310. The van der Waals surface area contributed by atoms with Gasteiger partial charge in [-0.15, -0.1) is 5.11 Å². The average molecular weight is 512 g/mol. The van der Waals surface area contributed by atoms with Gasteiger partial charge in [0.15, 0.2) is 0 Å². The number of nitro groups is 1. The SMILES string of the molecule is Nc1c(N=Nc2ccc([N+](=O)[O-])cc2)c(SOO[O-])cc2cc(S(=O)(=O)[O-])cc(O)c12.[Na+].[Na+]. The molecule has 0 heterocycles. The van der Waals surface area contributed by atoms with E-state index in [1.54, 1.807) is 0 Å². The minimum Gasteiger partial charge on any atom is -0.744 e. The normalized spacial score (nSPS) is 11.2. The van der Waals surface area contributed by atoms with Crippen LogP contribution in [-0.2, 0) is 19.5 Å². The molecule has 17 heteroatoms. The van der Waals surface area contributed by atoms with Crippen molar-refractivity contribution in [2.75, 3.05) is 5.73 Å². The van der Waals surface area contributed by atoms with E-state index in [9.17, 15) is 33.4 Å². The summed E-state index contributed by atoms with van der Waals surface area (Å²) in [6.07, 6.45) is 0. The molecule has 0 aliphatic carbocycles. The van der Waals surface area contributed by atoms with E-state index in [-0.39, 0.29) is 97.5 Å². The Morgan fingerprint density at radius 3 is 2.27 bits per heavy atom. The fraction of sp³-hybridized carbons (Fsp3) is 0. The molecule has 3 N–H and O–H groups in total. The first kappa shape index (κ1) is 29.7. The number of nitrogen functional groups attached to an aromatic ring is 1. The summed E-state index contributed by atoms with van der Waals surface area (Å²) in [7, 11) is -4.88. The third-order valence-electron chi connectivity index (χ3n) is 3.93. The first-order valence-corrected chi connectivity index (χ1v) is 10.1. The summed E-state index contributed by atoms with van der Waals surface area (Å²) in [5.74, 6) is -0.603. The van der Waals surface area contributed by atoms with Crippen molar-refractivity contribution in [3.05, 3.63) is 52.6 Å². The first-order valence-electron chi connectivity index (χ1n) is 7.96. The van der Waals surface area contributed by atoms with Gasteiger partial charge in [-0.1, -0.05) is 0 Å². The van der Waals surface area contributed by atoms with Crippen molar-refractivity contribution >= 4 is 55.7 Å². The Balaban J connectivity index is 0.00000272. The van der Waals surface area contributed by atoms with Crippen molar-refractivity contribution in [3.63, 3.8) is 0 Å². The molecule has 0 atom stereocenters. The molecule has 0 radical (unpaired) electrons. The maximum Gasteiger partial charge on any atom is 1.00 e. The van der Waals surface area contributed by atoms with E-state index in [0.717, 1.165) is 12.1 Å². The Hall–Kier alpha value is -1.34. The van der Waals surface area contributed by atoms with Gasteiger partial charge in [-0.3, -0.25) is 15.2 Å². The third kappa shape index (κ3) is 7.08. The van der Waals surface area contributed by atoms with Crippen molar-refractivity contribution in [1.82, 2.24) is 0 Å². The van der Waals surface area contributed by atoms with Gasteiger partial charge in [-0.25, -0.2) is 8.42 Å². The molecule has 3 aromatic rings. The smallest absolute Gasteiger partial charge is 0.744 e. The number of anilines is 1. The van der Waals surface area contributed by atoms with E-state index in [1.165, 1.54) is 30.3 Å². The molecule has 33 heavy (non-hydrogen) atoms. The number of nitro benzene ring substituents is 1. The van der Waals surface area contributed by atoms with Gasteiger partial charge in [0.05, 0.1) is 38.1 Å². The average Bonchev–Trinajstić information content (AvgIpc) is 2.70. The Kier molecular flexibility index (Phi) is 11.1. The number of nitrogens with two attached hydrogens (primary N) is 1. The van der Waals surface area contributed by atoms with Gasteiger partial charge in [0.1, 0.15) is 21.6 Å². The van der Waals surface area contributed by atoms with Crippen LogP contribution in [0, 0.1) is 10.1 Å². The number of azo groups is 1. The minimum atomic E-state index is -4.88. The molecule has 13 nitrogen and oxygen atoms in total. The Labute approximate surface area is 234 Å². The molecular weight excluding hydrogens is 502 g/mol. The number of phenolic OH excluding ortho intramolecular Hbond substituents is 1. The standard InChI is InChI=1S/C16H12N4O9S2.2Na/c17-15-14-8(5-11(7-12(14)21)31(25,26)27)6-13(30-29-28-24)16(15)19-18-9-1-3-10(4-2-9)20(22)23;;/h1-7,21,24H,17H2,(H,25,26,27);;/q;2*+1/p-2. The summed E-state index contributed by atoms with van der Waals surface area (Å²) in [5, 5.41) is 42.3. The summed E-state index contributed by atoms with van der Waals surface area (Å²) in [6.45, 7) is 0. The van der Waals surface area contributed by atoms with Crippen molar-refractivity contribution in [2.45, 2.75) is 9.79 Å². The van der Waals surface area contributed by atoms with E-state index in [4.69, 9.17) is 5.73 Å². The topological polar surface area (TPSA) is 213 Å². The molecule has 3 rings (SSSR count). The van der Waals surface area contributed by atoms with Gasteiger partial charge >= 0.3 is 59.1 Å². The summed E-state index contributed by atoms with van der Waals surface area (Å²) < 4.78 is 38.2. The predicted molar refractivity (Wildman–Crippen MR) is 103 cm³/mol. The van der Waals surface area contributed by atoms with Gasteiger partial charge in [-0.05, 0) is 35.7 Å². The molecular formula is C16H10N4Na2O9S2. The summed E-state index contributed by atoms with van der Waals surface area (Å²) in [5.41, 5.74) is 5.87. The maximum absolute atomic E-state index is 11.3. The first-order chi connectivity index (χ1) is 14.6. The molecule has 0 aromatic heterocycles. The van der Waals surface area contributed by atoms with Crippen LogP contribution in [0.15, 0.2) is 62.5 Å². The fourth-order valence-corrected chi connectivity index (χ4v) is 3.63. The molecule has 0 bridgehead atoms. The van der Waals surface area contributed by atoms with Crippen LogP contribution in [0.2, 0.25) is 0 Å². The quantitative estimate of drug-likeness (QED) is 0.0465. The number of benzene rings is 3. The van der Waals surface area contributed by atoms with E-state index in [0.29, 0.717) is 12.0 Å². The molecule has 3 aromatic carbocycles. The Morgan fingerprint density at radius 2 is 1.73 bits per heavy atom. The molecule has 0 aliphatic rings. The van der Waals surface area contributed by atoms with E-state index in [2.05, 4.69) is 19.6 Å². The van der Waals surface area contributed by atoms with Crippen molar-refractivity contribution < 1.29 is 96.7 Å². The van der Waals surface area contributed by atoms with Crippen LogP contribution in [0.5, 0.6) is 5.75 Å². The number of aromatic hydroxyl groups is 1. The number of nitrogens with zero attached hydrogens (tertiary/aromatic N) is 3. The molecule has 0 fully saturated rings. The number of fused-ring (bicyclic) bond motifs is 1. The molecule has 0 spiro atoms. The molecule has 0 saturated heterocycles. The van der Waals surface area contributed by atoms with Crippen LogP contribution in [0.4, 0.5) is 22.7 Å². The van der Waals surface area contributed by atoms with Crippen LogP contribution in [0.3, 0.4) is 0 Å². The predicted octanol–water partition coefficient (Wildman–Crippen LogP) is -3.41. The van der Waals surface area contributed by atoms with Crippen molar-refractivity contribution in [2.24, 2.45) is 10.2 Å². The fourth-order valence-electron chi connectivity index (χ4n) is 2.60. The molecule has 162 valence electrons. The minimum absolute atomic E-state index is 0. The van der Waals surface area contributed by atoms with Gasteiger partial charge in [0, 0.05) is 17.5 Å². The molecule has 0 aliphatic heterocycles. The van der Waals surface area contributed by atoms with E-state index < -0.39 is 25.7 Å². The van der Waals surface area contributed by atoms with Crippen molar-refractivity contribution in [3.8, 4) is 5.75 Å². The third-order valence-corrected chi connectivity index (χ3v) is 5.36. The summed E-state index contributed by atoms with van der Waals surface area (Å²) in [4.78, 5) is 9.47. The van der Waals surface area contributed by atoms with Crippen LogP contribution < -0.4 is 70.1 Å².